The molecule has 1 aromatic heterocycles. The molecule has 1 heterocycles. The van der Waals surface area contributed by atoms with Gasteiger partial charge in [-0.15, -0.1) is 0 Å². The molecule has 20 heavy (non-hydrogen) atoms. The maximum atomic E-state index is 4.28. The molecule has 3 nitrogen and oxygen atoms in total. The zero-order valence-electron chi connectivity index (χ0n) is 12.3. The van der Waals surface area contributed by atoms with Crippen LogP contribution in [-0.4, -0.2) is 21.4 Å². The molecule has 0 saturated heterocycles. The highest BCUT2D eigenvalue weighted by Gasteiger charge is 2.43. The van der Waals surface area contributed by atoms with Gasteiger partial charge in [-0.25, -0.2) is 0 Å². The number of nitrogens with one attached hydrogen (secondary N) is 1. The van der Waals surface area contributed by atoms with Crippen LogP contribution in [-0.2, 0) is 13.0 Å². The summed E-state index contributed by atoms with van der Waals surface area (Å²) in [5.41, 5.74) is 3.20. The van der Waals surface area contributed by atoms with Gasteiger partial charge in [0, 0.05) is 24.0 Å². The van der Waals surface area contributed by atoms with Crippen LogP contribution in [0.25, 0.3) is 0 Å². The molecule has 1 N–H and O–H groups in total. The minimum atomic E-state index is 0.318. The first-order valence-electron chi connectivity index (χ1n) is 7.47. The van der Waals surface area contributed by atoms with Gasteiger partial charge in [-0.2, -0.15) is 5.10 Å². The van der Waals surface area contributed by atoms with E-state index in [9.17, 15) is 0 Å². The van der Waals surface area contributed by atoms with Gasteiger partial charge in [-0.05, 0) is 50.3 Å². The highest BCUT2D eigenvalue weighted by Crippen LogP contribution is 2.39. The second-order valence-corrected chi connectivity index (χ2v) is 6.16. The molecule has 1 fully saturated rings. The van der Waals surface area contributed by atoms with E-state index in [0.29, 0.717) is 11.6 Å². The van der Waals surface area contributed by atoms with E-state index in [-0.39, 0.29) is 0 Å². The lowest BCUT2D eigenvalue weighted by Crippen LogP contribution is -2.42. The van der Waals surface area contributed by atoms with Crippen molar-refractivity contribution < 1.29 is 0 Å². The normalized spacial score (nSPS) is 17.9. The standard InChI is InChI=1S/C17H23N3/c1-14-6-3-4-7-16(14)12-17(8-9-17)19-15(2)13-20-11-5-10-18-20/h3-7,10-11,15,19H,8-9,12-13H2,1-2H3/t15-/m0/s1. The molecule has 106 valence electrons. The lowest BCUT2D eigenvalue weighted by Gasteiger charge is -2.23. The minimum Gasteiger partial charge on any atom is -0.307 e. The monoisotopic (exact) mass is 269 g/mol. The van der Waals surface area contributed by atoms with Crippen molar-refractivity contribution in [2.75, 3.05) is 0 Å². The van der Waals surface area contributed by atoms with Crippen molar-refractivity contribution in [1.29, 1.82) is 0 Å². The molecular formula is C17H23N3. The molecule has 0 amide bonds. The van der Waals surface area contributed by atoms with Crippen molar-refractivity contribution in [3.63, 3.8) is 0 Å². The third kappa shape index (κ3) is 3.10. The van der Waals surface area contributed by atoms with Crippen LogP contribution < -0.4 is 5.32 Å². The Morgan fingerprint density at radius 1 is 1.30 bits per heavy atom. The number of benzene rings is 1. The highest BCUT2D eigenvalue weighted by atomic mass is 15.3. The van der Waals surface area contributed by atoms with Crippen molar-refractivity contribution in [3.8, 4) is 0 Å². The number of hydrogen-bond donors (Lipinski definition) is 1. The van der Waals surface area contributed by atoms with Gasteiger partial charge in [-0.3, -0.25) is 4.68 Å². The summed E-state index contributed by atoms with van der Waals surface area (Å²) in [6.07, 6.45) is 7.57. The van der Waals surface area contributed by atoms with Crippen LogP contribution in [0.4, 0.5) is 0 Å². The van der Waals surface area contributed by atoms with Gasteiger partial charge in [0.25, 0.3) is 0 Å². The lowest BCUT2D eigenvalue weighted by atomic mass is 9.99. The van der Waals surface area contributed by atoms with Gasteiger partial charge < -0.3 is 5.32 Å². The van der Waals surface area contributed by atoms with Crippen LogP contribution in [0.1, 0.15) is 30.9 Å². The van der Waals surface area contributed by atoms with Crippen LogP contribution in [0, 0.1) is 6.92 Å². The summed E-state index contributed by atoms with van der Waals surface area (Å²) < 4.78 is 2.00. The largest absolute Gasteiger partial charge is 0.307 e. The topological polar surface area (TPSA) is 29.9 Å². The first kappa shape index (κ1) is 13.4. The van der Waals surface area contributed by atoms with Crippen LogP contribution in [0.2, 0.25) is 0 Å². The van der Waals surface area contributed by atoms with Crippen molar-refractivity contribution in [2.24, 2.45) is 0 Å². The van der Waals surface area contributed by atoms with Crippen molar-refractivity contribution in [1.82, 2.24) is 15.1 Å². The van der Waals surface area contributed by atoms with E-state index in [4.69, 9.17) is 0 Å². The first-order chi connectivity index (χ1) is 9.67. The quantitative estimate of drug-likeness (QED) is 0.874. The number of rotatable bonds is 6. The Hall–Kier alpha value is -1.61. The minimum absolute atomic E-state index is 0.318. The van der Waals surface area contributed by atoms with Crippen LogP contribution in [0.5, 0.6) is 0 Å². The third-order valence-electron chi connectivity index (χ3n) is 4.22. The molecule has 3 rings (SSSR count). The molecule has 1 saturated carbocycles. The Morgan fingerprint density at radius 2 is 2.10 bits per heavy atom. The van der Waals surface area contributed by atoms with Gasteiger partial charge in [0.2, 0.25) is 0 Å². The van der Waals surface area contributed by atoms with E-state index >= 15 is 0 Å². The number of hydrogen-bond acceptors (Lipinski definition) is 2. The second-order valence-electron chi connectivity index (χ2n) is 6.16. The molecule has 0 bridgehead atoms. The molecule has 1 aromatic carbocycles. The van der Waals surface area contributed by atoms with Gasteiger partial charge in [0.15, 0.2) is 0 Å². The Labute approximate surface area is 121 Å². The predicted octanol–water partition coefficient (Wildman–Crippen LogP) is 2.94. The molecular weight excluding hydrogens is 246 g/mol. The number of aromatic nitrogens is 2. The van der Waals surface area contributed by atoms with E-state index in [2.05, 4.69) is 48.5 Å². The van der Waals surface area contributed by atoms with Crippen molar-refractivity contribution in [2.45, 2.75) is 51.2 Å². The summed E-state index contributed by atoms with van der Waals surface area (Å²) in [6.45, 7) is 5.39. The number of aryl methyl sites for hydroxylation is 1. The molecule has 0 unspecified atom stereocenters. The van der Waals surface area contributed by atoms with Crippen LogP contribution in [0.3, 0.4) is 0 Å². The second kappa shape index (κ2) is 5.41. The molecule has 0 spiro atoms. The van der Waals surface area contributed by atoms with E-state index in [1.54, 1.807) is 0 Å². The highest BCUT2D eigenvalue weighted by molar-refractivity contribution is 5.29. The Morgan fingerprint density at radius 3 is 2.75 bits per heavy atom. The summed E-state index contributed by atoms with van der Waals surface area (Å²) >= 11 is 0. The molecule has 1 atom stereocenters. The average molecular weight is 269 g/mol. The lowest BCUT2D eigenvalue weighted by molar-refractivity contribution is 0.378. The van der Waals surface area contributed by atoms with E-state index < -0.39 is 0 Å². The van der Waals surface area contributed by atoms with Crippen molar-refractivity contribution in [3.05, 3.63) is 53.9 Å². The summed E-state index contributed by atoms with van der Waals surface area (Å²) in [5, 5.41) is 8.10. The van der Waals surface area contributed by atoms with Crippen LogP contribution in [0.15, 0.2) is 42.7 Å². The maximum absolute atomic E-state index is 4.28. The summed E-state index contributed by atoms with van der Waals surface area (Å²) in [6, 6.07) is 11.2. The van der Waals surface area contributed by atoms with E-state index in [1.165, 1.54) is 24.0 Å². The first-order valence-corrected chi connectivity index (χ1v) is 7.47. The fourth-order valence-electron chi connectivity index (χ4n) is 2.95. The van der Waals surface area contributed by atoms with Gasteiger partial charge in [0.1, 0.15) is 0 Å². The Bertz CT molecular complexity index is 555. The molecule has 2 aromatic rings. The smallest absolute Gasteiger partial charge is 0.0560 e. The summed E-state index contributed by atoms with van der Waals surface area (Å²) in [7, 11) is 0. The van der Waals surface area contributed by atoms with E-state index in [1.807, 2.05) is 23.1 Å². The van der Waals surface area contributed by atoms with Gasteiger partial charge in [0.05, 0.1) is 6.54 Å². The molecule has 0 aliphatic heterocycles. The average Bonchev–Trinajstić information content (AvgIpc) is 2.96. The maximum Gasteiger partial charge on any atom is 0.0560 e. The van der Waals surface area contributed by atoms with Gasteiger partial charge >= 0.3 is 0 Å². The zero-order valence-corrected chi connectivity index (χ0v) is 12.3. The van der Waals surface area contributed by atoms with Gasteiger partial charge in [-0.1, -0.05) is 24.3 Å². The predicted molar refractivity (Wildman–Crippen MR) is 81.7 cm³/mol. The zero-order chi connectivity index (χ0) is 14.0. The Kier molecular flexibility index (Phi) is 3.62. The van der Waals surface area contributed by atoms with Crippen LogP contribution >= 0.6 is 0 Å². The SMILES string of the molecule is Cc1ccccc1CC1(N[C@@H](C)Cn2cccn2)CC1. The summed E-state index contributed by atoms with van der Waals surface area (Å²) in [5.74, 6) is 0. The molecule has 1 aliphatic rings. The number of nitrogens with zero attached hydrogens (tertiary/aromatic N) is 2. The third-order valence-corrected chi connectivity index (χ3v) is 4.22. The fourth-order valence-corrected chi connectivity index (χ4v) is 2.95. The summed E-state index contributed by atoms with van der Waals surface area (Å²) in [4.78, 5) is 0. The van der Waals surface area contributed by atoms with Crippen molar-refractivity contribution >= 4 is 0 Å². The molecule has 0 radical (unpaired) electrons. The Balaban J connectivity index is 1.60. The molecule has 1 aliphatic carbocycles. The van der Waals surface area contributed by atoms with E-state index in [0.717, 1.165) is 13.0 Å². The molecule has 3 heteroatoms. The fraction of sp³-hybridized carbons (Fsp3) is 0.471.